The van der Waals surface area contributed by atoms with Crippen LogP contribution in [0.2, 0.25) is 0 Å². The SMILES string of the molecule is CCN(Cc1ccccc1C)C(=O)CCc1nc2cc(S(=O)(=O)N3CCOCC3)ccc2n1C. The van der Waals surface area contributed by atoms with Crippen LogP contribution in [-0.4, -0.2) is 65.9 Å². The highest BCUT2D eigenvalue weighted by atomic mass is 32.2. The molecule has 0 N–H and O–H groups in total. The Kier molecular flexibility index (Phi) is 7.35. The van der Waals surface area contributed by atoms with Crippen molar-refractivity contribution in [1.82, 2.24) is 18.8 Å². The average Bonchev–Trinajstić information content (AvgIpc) is 3.17. The Morgan fingerprint density at radius 2 is 1.88 bits per heavy atom. The molecule has 3 aromatic rings. The molecule has 0 saturated carbocycles. The van der Waals surface area contributed by atoms with Crippen LogP contribution in [-0.2, 0) is 39.6 Å². The standard InChI is InChI=1S/C25H32N4O4S/c1-4-28(18-20-8-6-5-7-19(20)2)25(30)12-11-24-26-22-17-21(9-10-23(22)27(24)3)34(31,32)29-13-15-33-16-14-29/h5-10,17H,4,11-16,18H2,1-3H3. The van der Waals surface area contributed by atoms with Crippen molar-refractivity contribution in [2.45, 2.75) is 38.1 Å². The Hall–Kier alpha value is -2.75. The Morgan fingerprint density at radius 3 is 2.59 bits per heavy atom. The molecule has 1 aromatic heterocycles. The highest BCUT2D eigenvalue weighted by molar-refractivity contribution is 7.89. The number of imidazole rings is 1. The first-order valence-corrected chi connectivity index (χ1v) is 13.1. The van der Waals surface area contributed by atoms with Crippen LogP contribution < -0.4 is 0 Å². The number of amides is 1. The lowest BCUT2D eigenvalue weighted by atomic mass is 10.1. The third-order valence-electron chi connectivity index (χ3n) is 6.47. The topological polar surface area (TPSA) is 84.7 Å². The number of aryl methyl sites for hydroxylation is 3. The maximum atomic E-state index is 13.0. The molecular weight excluding hydrogens is 452 g/mol. The van der Waals surface area contributed by atoms with E-state index in [2.05, 4.69) is 24.0 Å². The highest BCUT2D eigenvalue weighted by Crippen LogP contribution is 2.23. The Bertz CT molecular complexity index is 1280. The molecule has 1 aliphatic rings. The zero-order valence-electron chi connectivity index (χ0n) is 20.0. The molecule has 34 heavy (non-hydrogen) atoms. The summed E-state index contributed by atoms with van der Waals surface area (Å²) in [6.45, 7) is 6.79. The van der Waals surface area contributed by atoms with Crippen molar-refractivity contribution < 1.29 is 17.9 Å². The third kappa shape index (κ3) is 5.01. The van der Waals surface area contributed by atoms with Gasteiger partial charge in [0.1, 0.15) is 5.82 Å². The van der Waals surface area contributed by atoms with Crippen LogP contribution in [0.4, 0.5) is 0 Å². The molecular formula is C25H32N4O4S. The Balaban J connectivity index is 1.48. The molecule has 2 aromatic carbocycles. The predicted molar refractivity (Wildman–Crippen MR) is 131 cm³/mol. The van der Waals surface area contributed by atoms with Gasteiger partial charge in [-0.1, -0.05) is 24.3 Å². The van der Waals surface area contributed by atoms with Crippen LogP contribution in [0.1, 0.15) is 30.3 Å². The summed E-state index contributed by atoms with van der Waals surface area (Å²) in [5.74, 6) is 0.838. The van der Waals surface area contributed by atoms with Crippen LogP contribution >= 0.6 is 0 Å². The molecule has 1 amide bonds. The van der Waals surface area contributed by atoms with Crippen molar-refractivity contribution in [3.63, 3.8) is 0 Å². The monoisotopic (exact) mass is 484 g/mol. The second kappa shape index (κ2) is 10.2. The molecule has 0 unspecified atom stereocenters. The molecule has 1 fully saturated rings. The van der Waals surface area contributed by atoms with Gasteiger partial charge in [0.15, 0.2) is 0 Å². The first-order valence-electron chi connectivity index (χ1n) is 11.7. The number of benzene rings is 2. The number of fused-ring (bicyclic) bond motifs is 1. The smallest absolute Gasteiger partial charge is 0.243 e. The summed E-state index contributed by atoms with van der Waals surface area (Å²) in [5.41, 5.74) is 3.78. The van der Waals surface area contributed by atoms with Crippen molar-refractivity contribution >= 4 is 27.0 Å². The van der Waals surface area contributed by atoms with E-state index in [1.165, 1.54) is 9.87 Å². The van der Waals surface area contributed by atoms with E-state index < -0.39 is 10.0 Å². The quantitative estimate of drug-likeness (QED) is 0.491. The molecule has 9 heteroatoms. The lowest BCUT2D eigenvalue weighted by Crippen LogP contribution is -2.40. The summed E-state index contributed by atoms with van der Waals surface area (Å²) >= 11 is 0. The lowest BCUT2D eigenvalue weighted by Gasteiger charge is -2.26. The first-order chi connectivity index (χ1) is 16.3. The second-order valence-corrected chi connectivity index (χ2v) is 10.5. The van der Waals surface area contributed by atoms with Crippen LogP contribution in [0, 0.1) is 6.92 Å². The van der Waals surface area contributed by atoms with Crippen LogP contribution in [0.15, 0.2) is 47.4 Å². The van der Waals surface area contributed by atoms with Crippen LogP contribution in [0.3, 0.4) is 0 Å². The Labute approximate surface area is 201 Å². The van der Waals surface area contributed by atoms with Crippen molar-refractivity contribution in [2.75, 3.05) is 32.8 Å². The molecule has 0 aliphatic carbocycles. The van der Waals surface area contributed by atoms with Crippen LogP contribution in [0.25, 0.3) is 11.0 Å². The van der Waals surface area contributed by atoms with E-state index in [4.69, 9.17) is 4.74 Å². The van der Waals surface area contributed by atoms with Gasteiger partial charge in [-0.2, -0.15) is 4.31 Å². The number of hydrogen-bond acceptors (Lipinski definition) is 5. The second-order valence-electron chi connectivity index (χ2n) is 8.59. The van der Waals surface area contributed by atoms with Gasteiger partial charge in [-0.3, -0.25) is 4.79 Å². The number of carbonyl (C=O) groups is 1. The molecule has 0 radical (unpaired) electrons. The van der Waals surface area contributed by atoms with Gasteiger partial charge in [0.25, 0.3) is 0 Å². The molecule has 8 nitrogen and oxygen atoms in total. The minimum Gasteiger partial charge on any atom is -0.379 e. The maximum Gasteiger partial charge on any atom is 0.243 e. The van der Waals surface area contributed by atoms with Gasteiger partial charge in [0.2, 0.25) is 15.9 Å². The Morgan fingerprint density at radius 1 is 1.15 bits per heavy atom. The van der Waals surface area contributed by atoms with E-state index in [1.807, 2.05) is 35.6 Å². The number of rotatable bonds is 8. The fourth-order valence-electron chi connectivity index (χ4n) is 4.30. The summed E-state index contributed by atoms with van der Waals surface area (Å²) in [6.07, 6.45) is 0.829. The molecule has 0 bridgehead atoms. The van der Waals surface area contributed by atoms with E-state index in [0.717, 1.165) is 16.9 Å². The van der Waals surface area contributed by atoms with Gasteiger partial charge in [-0.25, -0.2) is 13.4 Å². The number of morpholine rings is 1. The molecule has 182 valence electrons. The van der Waals surface area contributed by atoms with Gasteiger partial charge in [0.05, 0.1) is 29.1 Å². The summed E-state index contributed by atoms with van der Waals surface area (Å²) in [5, 5.41) is 0. The summed E-state index contributed by atoms with van der Waals surface area (Å²) in [4.78, 5) is 19.7. The summed E-state index contributed by atoms with van der Waals surface area (Å²) in [6, 6.07) is 13.2. The van der Waals surface area contributed by atoms with Crippen molar-refractivity contribution in [1.29, 1.82) is 0 Å². The van der Waals surface area contributed by atoms with E-state index >= 15 is 0 Å². The minimum atomic E-state index is -3.59. The summed E-state index contributed by atoms with van der Waals surface area (Å²) < 4.78 is 34.7. The number of ether oxygens (including phenoxy) is 1. The fraction of sp³-hybridized carbons (Fsp3) is 0.440. The number of aromatic nitrogens is 2. The van der Waals surface area contributed by atoms with E-state index in [0.29, 0.717) is 57.8 Å². The number of sulfonamides is 1. The minimum absolute atomic E-state index is 0.0772. The fourth-order valence-corrected chi connectivity index (χ4v) is 5.72. The van der Waals surface area contributed by atoms with E-state index in [1.54, 1.807) is 18.2 Å². The predicted octanol–water partition coefficient (Wildman–Crippen LogP) is 2.88. The molecule has 4 rings (SSSR count). The van der Waals surface area contributed by atoms with Gasteiger partial charge in [0, 0.05) is 46.1 Å². The average molecular weight is 485 g/mol. The van der Waals surface area contributed by atoms with Crippen molar-refractivity contribution in [3.05, 3.63) is 59.4 Å². The molecule has 0 atom stereocenters. The van der Waals surface area contributed by atoms with Gasteiger partial charge in [-0.15, -0.1) is 0 Å². The van der Waals surface area contributed by atoms with E-state index in [-0.39, 0.29) is 10.8 Å². The van der Waals surface area contributed by atoms with Crippen LogP contribution in [0.5, 0.6) is 0 Å². The molecule has 1 aliphatic heterocycles. The summed E-state index contributed by atoms with van der Waals surface area (Å²) in [7, 11) is -1.69. The zero-order valence-corrected chi connectivity index (χ0v) is 20.8. The zero-order chi connectivity index (χ0) is 24.3. The van der Waals surface area contributed by atoms with Gasteiger partial charge in [-0.05, 0) is 43.2 Å². The lowest BCUT2D eigenvalue weighted by molar-refractivity contribution is -0.131. The number of carbonyl (C=O) groups excluding carboxylic acids is 1. The van der Waals surface area contributed by atoms with E-state index in [9.17, 15) is 13.2 Å². The first kappa shape index (κ1) is 24.4. The molecule has 0 spiro atoms. The normalized spacial score (nSPS) is 15.0. The maximum absolute atomic E-state index is 13.0. The largest absolute Gasteiger partial charge is 0.379 e. The van der Waals surface area contributed by atoms with Gasteiger partial charge < -0.3 is 14.2 Å². The molecule has 2 heterocycles. The molecule has 1 saturated heterocycles. The number of nitrogens with zero attached hydrogens (tertiary/aromatic N) is 4. The third-order valence-corrected chi connectivity index (χ3v) is 8.37. The highest BCUT2D eigenvalue weighted by Gasteiger charge is 2.27. The van der Waals surface area contributed by atoms with Crippen molar-refractivity contribution in [3.8, 4) is 0 Å². The van der Waals surface area contributed by atoms with Crippen molar-refractivity contribution in [2.24, 2.45) is 7.05 Å². The number of hydrogen-bond donors (Lipinski definition) is 0. The van der Waals surface area contributed by atoms with Gasteiger partial charge >= 0.3 is 0 Å².